The van der Waals surface area contributed by atoms with Gasteiger partial charge in [0.2, 0.25) is 5.91 Å². The Morgan fingerprint density at radius 1 is 1.03 bits per heavy atom. The van der Waals surface area contributed by atoms with Crippen LogP contribution < -0.4 is 4.74 Å². The number of carbonyl (C=O) groups excluding carboxylic acids is 4. The Hall–Kier alpha value is -2.66. The monoisotopic (exact) mass is 576 g/mol. The standard InChI is InChI=1S/C24H21IN2O5S/c25-19-10-3-2-9-18(19)23(30)32-17-8-6-7-16(13-17)14-20-22(29)27(24(31)33-20)15-21(28)26-11-4-1-5-12-26/h2-3,6-10,13-14H,1,4-5,11-12,15H2/b20-14-. The van der Waals surface area contributed by atoms with Crippen LogP contribution in [0.3, 0.4) is 0 Å². The van der Waals surface area contributed by atoms with E-state index < -0.39 is 17.1 Å². The van der Waals surface area contributed by atoms with Crippen molar-refractivity contribution >= 4 is 63.5 Å². The normalized spacial score (nSPS) is 17.5. The minimum Gasteiger partial charge on any atom is -0.423 e. The van der Waals surface area contributed by atoms with Crippen molar-refractivity contribution in [3.63, 3.8) is 0 Å². The zero-order valence-electron chi connectivity index (χ0n) is 17.7. The van der Waals surface area contributed by atoms with E-state index in [-0.39, 0.29) is 17.4 Å². The highest BCUT2D eigenvalue weighted by molar-refractivity contribution is 14.1. The molecule has 0 atom stereocenters. The van der Waals surface area contributed by atoms with E-state index >= 15 is 0 Å². The number of imide groups is 1. The number of amides is 3. The van der Waals surface area contributed by atoms with Crippen molar-refractivity contribution in [2.75, 3.05) is 19.6 Å². The molecule has 0 aromatic heterocycles. The maximum absolute atomic E-state index is 12.8. The van der Waals surface area contributed by atoms with Crippen LogP contribution in [0, 0.1) is 3.57 Å². The number of carbonyl (C=O) groups is 4. The number of hydrogen-bond donors (Lipinski definition) is 0. The molecule has 2 aromatic rings. The van der Waals surface area contributed by atoms with Gasteiger partial charge in [-0.15, -0.1) is 0 Å². The Kier molecular flexibility index (Phi) is 7.49. The van der Waals surface area contributed by atoms with E-state index in [4.69, 9.17) is 4.74 Å². The summed E-state index contributed by atoms with van der Waals surface area (Å²) in [7, 11) is 0. The lowest BCUT2D eigenvalue weighted by Gasteiger charge is -2.27. The third-order valence-corrected chi connectivity index (χ3v) is 7.18. The lowest BCUT2D eigenvalue weighted by Crippen LogP contribution is -2.44. The molecule has 4 rings (SSSR count). The molecule has 2 aromatic carbocycles. The molecule has 33 heavy (non-hydrogen) atoms. The predicted molar refractivity (Wildman–Crippen MR) is 134 cm³/mol. The lowest BCUT2D eigenvalue weighted by molar-refractivity contribution is -0.136. The molecule has 0 bridgehead atoms. The Bertz CT molecular complexity index is 1140. The van der Waals surface area contributed by atoms with Crippen LogP contribution in [0.15, 0.2) is 53.4 Å². The first-order chi connectivity index (χ1) is 15.9. The van der Waals surface area contributed by atoms with Crippen molar-refractivity contribution in [3.8, 4) is 5.75 Å². The van der Waals surface area contributed by atoms with E-state index in [9.17, 15) is 19.2 Å². The maximum atomic E-state index is 12.8. The van der Waals surface area contributed by atoms with Gasteiger partial charge in [0.05, 0.1) is 10.5 Å². The molecule has 0 N–H and O–H groups in total. The van der Waals surface area contributed by atoms with Crippen LogP contribution in [0.25, 0.3) is 6.08 Å². The van der Waals surface area contributed by atoms with Gasteiger partial charge in [0, 0.05) is 16.7 Å². The zero-order valence-corrected chi connectivity index (χ0v) is 20.6. The number of esters is 1. The second kappa shape index (κ2) is 10.5. The smallest absolute Gasteiger partial charge is 0.344 e. The van der Waals surface area contributed by atoms with Crippen molar-refractivity contribution in [2.45, 2.75) is 19.3 Å². The first-order valence-electron chi connectivity index (χ1n) is 10.5. The molecule has 0 unspecified atom stereocenters. The third-order valence-electron chi connectivity index (χ3n) is 5.34. The quantitative estimate of drug-likeness (QED) is 0.225. The molecule has 0 spiro atoms. The zero-order chi connectivity index (χ0) is 23.4. The van der Waals surface area contributed by atoms with Crippen molar-refractivity contribution in [2.24, 2.45) is 0 Å². The molecule has 2 heterocycles. The molecule has 2 saturated heterocycles. The van der Waals surface area contributed by atoms with E-state index in [1.165, 1.54) is 0 Å². The average molecular weight is 576 g/mol. The van der Waals surface area contributed by atoms with Crippen LogP contribution in [0.5, 0.6) is 5.75 Å². The van der Waals surface area contributed by atoms with E-state index in [0.717, 1.165) is 39.5 Å². The summed E-state index contributed by atoms with van der Waals surface area (Å²) in [6, 6.07) is 13.8. The van der Waals surface area contributed by atoms with Gasteiger partial charge >= 0.3 is 5.97 Å². The SMILES string of the molecule is O=C(Oc1cccc(/C=C2\SC(=O)N(CC(=O)N3CCCCC3)C2=O)c1)c1ccccc1I. The van der Waals surface area contributed by atoms with Gasteiger partial charge in [0.1, 0.15) is 12.3 Å². The van der Waals surface area contributed by atoms with Crippen molar-refractivity contribution in [1.82, 2.24) is 9.80 Å². The highest BCUT2D eigenvalue weighted by Gasteiger charge is 2.37. The molecule has 2 fully saturated rings. The Balaban J connectivity index is 1.45. The molecule has 0 saturated carbocycles. The van der Waals surface area contributed by atoms with Crippen LogP contribution >= 0.6 is 34.4 Å². The van der Waals surface area contributed by atoms with Crippen LogP contribution in [0.1, 0.15) is 35.2 Å². The summed E-state index contributed by atoms with van der Waals surface area (Å²) in [6.45, 7) is 1.09. The van der Waals surface area contributed by atoms with E-state index in [1.54, 1.807) is 47.4 Å². The summed E-state index contributed by atoms with van der Waals surface area (Å²) in [5.74, 6) is -0.846. The fourth-order valence-electron chi connectivity index (χ4n) is 3.62. The van der Waals surface area contributed by atoms with Crippen LogP contribution in [-0.4, -0.2) is 52.5 Å². The van der Waals surface area contributed by atoms with Gasteiger partial charge in [0.15, 0.2) is 0 Å². The Morgan fingerprint density at radius 2 is 1.79 bits per heavy atom. The highest BCUT2D eigenvalue weighted by Crippen LogP contribution is 2.33. The fraction of sp³-hybridized carbons (Fsp3) is 0.250. The third kappa shape index (κ3) is 5.64. The number of benzene rings is 2. The topological polar surface area (TPSA) is 84.0 Å². The minimum atomic E-state index is -0.489. The number of piperidine rings is 1. The molecule has 170 valence electrons. The molecule has 7 nitrogen and oxygen atoms in total. The Labute approximate surface area is 209 Å². The second-order valence-corrected chi connectivity index (χ2v) is 9.81. The predicted octanol–water partition coefficient (Wildman–Crippen LogP) is 4.56. The molecule has 0 radical (unpaired) electrons. The molecular formula is C24H21IN2O5S. The van der Waals surface area contributed by atoms with Crippen LogP contribution in [0.2, 0.25) is 0 Å². The van der Waals surface area contributed by atoms with Crippen molar-refractivity contribution < 1.29 is 23.9 Å². The lowest BCUT2D eigenvalue weighted by atomic mass is 10.1. The molecule has 2 aliphatic rings. The summed E-state index contributed by atoms with van der Waals surface area (Å²) in [4.78, 5) is 53.1. The number of likely N-dealkylation sites (tertiary alicyclic amines) is 1. The van der Waals surface area contributed by atoms with Crippen LogP contribution in [0.4, 0.5) is 4.79 Å². The minimum absolute atomic E-state index is 0.206. The number of nitrogens with zero attached hydrogens (tertiary/aromatic N) is 2. The number of ether oxygens (including phenoxy) is 1. The molecule has 0 aliphatic carbocycles. The van der Waals surface area contributed by atoms with E-state index in [1.807, 2.05) is 12.1 Å². The van der Waals surface area contributed by atoms with Gasteiger partial charge in [-0.05, 0) is 89.5 Å². The number of thioether (sulfide) groups is 1. The average Bonchev–Trinajstić information content (AvgIpc) is 3.07. The molecule has 9 heteroatoms. The van der Waals surface area contributed by atoms with Gasteiger partial charge in [-0.2, -0.15) is 0 Å². The summed E-state index contributed by atoms with van der Waals surface area (Å²) in [6.07, 6.45) is 4.54. The van der Waals surface area contributed by atoms with E-state index in [2.05, 4.69) is 22.6 Å². The first-order valence-corrected chi connectivity index (χ1v) is 12.4. The molecule has 3 amide bonds. The van der Waals surface area contributed by atoms with Gasteiger partial charge in [-0.3, -0.25) is 19.3 Å². The summed E-state index contributed by atoms with van der Waals surface area (Å²) >= 11 is 2.87. The van der Waals surface area contributed by atoms with Gasteiger partial charge in [-0.25, -0.2) is 4.79 Å². The van der Waals surface area contributed by atoms with Gasteiger partial charge in [-0.1, -0.05) is 24.3 Å². The van der Waals surface area contributed by atoms with E-state index in [0.29, 0.717) is 30.0 Å². The van der Waals surface area contributed by atoms with Crippen molar-refractivity contribution in [1.29, 1.82) is 0 Å². The van der Waals surface area contributed by atoms with Gasteiger partial charge in [0.25, 0.3) is 11.1 Å². The van der Waals surface area contributed by atoms with Crippen LogP contribution in [-0.2, 0) is 9.59 Å². The fourth-order valence-corrected chi connectivity index (χ4v) is 5.07. The second-order valence-electron chi connectivity index (χ2n) is 7.65. The summed E-state index contributed by atoms with van der Waals surface area (Å²) in [5, 5.41) is -0.460. The molecule has 2 aliphatic heterocycles. The first kappa shape index (κ1) is 23.5. The number of halogens is 1. The maximum Gasteiger partial charge on any atom is 0.344 e. The van der Waals surface area contributed by atoms with Gasteiger partial charge < -0.3 is 9.64 Å². The summed E-state index contributed by atoms with van der Waals surface area (Å²) in [5.41, 5.74) is 1.07. The van der Waals surface area contributed by atoms with Crippen molar-refractivity contribution in [3.05, 3.63) is 68.1 Å². The highest BCUT2D eigenvalue weighted by atomic mass is 127. The number of rotatable bonds is 5. The number of hydrogen-bond acceptors (Lipinski definition) is 6. The largest absolute Gasteiger partial charge is 0.423 e. The summed E-state index contributed by atoms with van der Waals surface area (Å²) < 4.78 is 6.26. The Morgan fingerprint density at radius 3 is 2.55 bits per heavy atom. The molecular weight excluding hydrogens is 555 g/mol.